The molecule has 270 valence electrons. The summed E-state index contributed by atoms with van der Waals surface area (Å²) in [6, 6.07) is 3.93. The fourth-order valence-corrected chi connectivity index (χ4v) is 8.21. The van der Waals surface area contributed by atoms with E-state index in [1.165, 1.54) is 41.6 Å². The number of carbonyl (C=O) groups is 5. The second-order valence-corrected chi connectivity index (χ2v) is 14.7. The summed E-state index contributed by atoms with van der Waals surface area (Å²) in [5, 5.41) is 50.5. The molecule has 0 unspecified atom stereocenters. The lowest BCUT2D eigenvalue weighted by Gasteiger charge is -2.49. The Hall–Kier alpha value is -5.74. The van der Waals surface area contributed by atoms with Crippen molar-refractivity contribution in [2.75, 3.05) is 17.2 Å². The van der Waals surface area contributed by atoms with Crippen molar-refractivity contribution in [1.82, 2.24) is 34.8 Å². The molecule has 2 aliphatic rings. The number of nitrogens with zero attached hydrogens (tertiary/aromatic N) is 7. The maximum atomic E-state index is 13.6. The van der Waals surface area contributed by atoms with E-state index in [0.29, 0.717) is 16.3 Å². The predicted molar refractivity (Wildman–Crippen MR) is 185 cm³/mol. The Morgan fingerprint density at radius 1 is 1.12 bits per heavy atom. The zero-order valence-electron chi connectivity index (χ0n) is 27.1. The van der Waals surface area contributed by atoms with Crippen molar-refractivity contribution >= 4 is 81.0 Å². The SMILES string of the molecule is Cc1cc(SCC2=C(C(=O)O)N3C(=O)[C@@H](NC(=O)C(=NOC(C)(C)C(=O)c4ccc(O)c(O)c4)c4csc(N)n4)[C@H]3SC2)n2nc(C(=O)O)nc2n1. The number of aromatic hydroxyl groups is 2. The maximum absolute atomic E-state index is 13.6. The van der Waals surface area contributed by atoms with E-state index in [-0.39, 0.29) is 39.4 Å². The number of aromatic nitrogens is 5. The van der Waals surface area contributed by atoms with E-state index in [4.69, 9.17) is 10.6 Å². The number of aryl methyl sites for hydroxylation is 1. The van der Waals surface area contributed by atoms with Gasteiger partial charge in [-0.15, -0.1) is 40.0 Å². The molecule has 0 radical (unpaired) electrons. The van der Waals surface area contributed by atoms with Crippen molar-refractivity contribution in [3.05, 3.63) is 63.7 Å². The highest BCUT2D eigenvalue weighted by atomic mass is 32.2. The quantitative estimate of drug-likeness (QED) is 0.0226. The third kappa shape index (κ3) is 6.81. The summed E-state index contributed by atoms with van der Waals surface area (Å²) < 4.78 is 1.25. The first kappa shape index (κ1) is 36.1. The number of nitrogens with one attached hydrogen (secondary N) is 1. The molecule has 52 heavy (non-hydrogen) atoms. The van der Waals surface area contributed by atoms with Crippen LogP contribution in [-0.2, 0) is 19.2 Å². The molecule has 2 amide bonds. The number of benzene rings is 1. The molecule has 4 aromatic rings. The third-order valence-electron chi connectivity index (χ3n) is 7.66. The molecule has 1 fully saturated rings. The summed E-state index contributed by atoms with van der Waals surface area (Å²) in [5.74, 6) is -6.03. The van der Waals surface area contributed by atoms with Gasteiger partial charge in [-0.2, -0.15) is 9.50 Å². The second-order valence-electron chi connectivity index (χ2n) is 11.7. The summed E-state index contributed by atoms with van der Waals surface area (Å²) in [5.41, 5.74) is 4.33. The Kier molecular flexibility index (Phi) is 9.55. The molecule has 22 heteroatoms. The first-order valence-corrected chi connectivity index (χ1v) is 17.8. The smallest absolute Gasteiger partial charge is 0.375 e. The highest BCUT2D eigenvalue weighted by Crippen LogP contribution is 2.42. The van der Waals surface area contributed by atoms with Crippen molar-refractivity contribution in [3.8, 4) is 11.5 Å². The van der Waals surface area contributed by atoms with Gasteiger partial charge in [0.1, 0.15) is 27.8 Å². The van der Waals surface area contributed by atoms with E-state index in [9.17, 15) is 44.4 Å². The Morgan fingerprint density at radius 2 is 1.87 bits per heavy atom. The number of hydrogen-bond donors (Lipinski definition) is 6. The number of thiazole rings is 1. The Morgan fingerprint density at radius 3 is 2.52 bits per heavy atom. The number of thioether (sulfide) groups is 2. The lowest BCUT2D eigenvalue weighted by Crippen LogP contribution is -2.71. The number of rotatable bonds is 12. The van der Waals surface area contributed by atoms with Gasteiger partial charge in [0.25, 0.3) is 23.4 Å². The summed E-state index contributed by atoms with van der Waals surface area (Å²) in [7, 11) is 0. The minimum Gasteiger partial charge on any atom is -0.504 e. The van der Waals surface area contributed by atoms with Crippen molar-refractivity contribution in [2.45, 2.75) is 42.8 Å². The number of β-lactam (4-membered cyclic amide) rings is 1. The van der Waals surface area contributed by atoms with E-state index < -0.39 is 69.6 Å². The molecule has 5 heterocycles. The van der Waals surface area contributed by atoms with Crippen molar-refractivity contribution in [3.63, 3.8) is 0 Å². The van der Waals surface area contributed by atoms with E-state index in [2.05, 4.69) is 30.5 Å². The molecular weight excluding hydrogens is 743 g/mol. The number of phenols is 2. The average Bonchev–Trinajstić information content (AvgIpc) is 3.72. The van der Waals surface area contributed by atoms with Crippen LogP contribution < -0.4 is 11.1 Å². The topological polar surface area (TPSA) is 285 Å². The van der Waals surface area contributed by atoms with Gasteiger partial charge in [-0.1, -0.05) is 5.16 Å². The number of fused-ring (bicyclic) bond motifs is 2. The first-order valence-electron chi connectivity index (χ1n) is 14.9. The standard InChI is InChI=1S/C30H27N9O10S3/c1-11-6-17(39-29(32-11)35-22(36-39)27(47)48)50-8-13-9-51-25-19(24(44)38(25)20(13)26(45)46)34-23(43)18(14-10-52-28(31)33-14)37-49-30(2,3)21(42)12-4-5-15(40)16(41)7-12/h4-7,10,19,25,40-41H,8-9H2,1-3H3,(H2,31,33)(H,34,43)(H,45,46)(H,47,48)/t19-,25-/m1/s1. The highest BCUT2D eigenvalue weighted by molar-refractivity contribution is 8.01. The molecule has 7 N–H and O–H groups in total. The fourth-order valence-electron chi connectivity index (χ4n) is 5.13. The van der Waals surface area contributed by atoms with Crippen LogP contribution in [0.5, 0.6) is 11.5 Å². The number of aromatic carboxylic acids is 1. The molecular formula is C30H27N9O10S3. The zero-order chi connectivity index (χ0) is 37.6. The van der Waals surface area contributed by atoms with Gasteiger partial charge in [-0.3, -0.25) is 19.3 Å². The van der Waals surface area contributed by atoms with Gasteiger partial charge in [-0.05, 0) is 50.6 Å². The second kappa shape index (κ2) is 13.8. The maximum Gasteiger partial charge on any atom is 0.375 e. The van der Waals surface area contributed by atoms with Gasteiger partial charge in [0.15, 0.2) is 27.9 Å². The molecule has 0 spiro atoms. The fraction of sp³-hybridized carbons (Fsp3) is 0.267. The number of carboxylic acids is 2. The van der Waals surface area contributed by atoms with Gasteiger partial charge >= 0.3 is 11.9 Å². The minimum atomic E-state index is -1.69. The highest BCUT2D eigenvalue weighted by Gasteiger charge is 2.54. The van der Waals surface area contributed by atoms with Gasteiger partial charge in [-0.25, -0.2) is 19.6 Å². The largest absolute Gasteiger partial charge is 0.504 e. The summed E-state index contributed by atoms with van der Waals surface area (Å²) >= 11 is 3.38. The van der Waals surface area contributed by atoms with E-state index >= 15 is 0 Å². The van der Waals surface area contributed by atoms with Crippen molar-refractivity contribution in [2.24, 2.45) is 5.16 Å². The van der Waals surface area contributed by atoms with Crippen molar-refractivity contribution < 1.29 is 49.2 Å². The summed E-state index contributed by atoms with van der Waals surface area (Å²) in [6.07, 6.45) is 0. The summed E-state index contributed by atoms with van der Waals surface area (Å²) in [4.78, 5) is 82.9. The zero-order valence-corrected chi connectivity index (χ0v) is 29.6. The molecule has 6 rings (SSSR count). The number of oxime groups is 1. The van der Waals surface area contributed by atoms with Gasteiger partial charge in [0.05, 0.1) is 0 Å². The number of Topliss-reactive ketones (excluding diaryl/α,β-unsaturated/α-hetero) is 1. The monoisotopic (exact) mass is 769 g/mol. The number of aliphatic carboxylic acids is 1. The Balaban J connectivity index is 1.20. The van der Waals surface area contributed by atoms with Crippen LogP contribution >= 0.6 is 34.9 Å². The molecule has 0 aliphatic carbocycles. The summed E-state index contributed by atoms with van der Waals surface area (Å²) in [6.45, 7) is 4.42. The number of hydrogen-bond acceptors (Lipinski definition) is 17. The molecule has 3 aromatic heterocycles. The van der Waals surface area contributed by atoms with Gasteiger partial charge in [0, 0.05) is 28.1 Å². The first-order chi connectivity index (χ1) is 24.5. The van der Waals surface area contributed by atoms with E-state index in [0.717, 1.165) is 40.1 Å². The Labute approximate surface area is 304 Å². The molecule has 1 saturated heterocycles. The number of nitrogens with two attached hydrogens (primary N) is 1. The molecule has 2 aliphatic heterocycles. The van der Waals surface area contributed by atoms with Crippen molar-refractivity contribution in [1.29, 1.82) is 0 Å². The number of amides is 2. The van der Waals surface area contributed by atoms with Gasteiger partial charge in [0.2, 0.25) is 5.78 Å². The average molecular weight is 770 g/mol. The minimum absolute atomic E-state index is 0.0103. The number of carboxylic acid groups (broad SMARTS) is 2. The number of nitrogen functional groups attached to an aromatic ring is 1. The third-order valence-corrected chi connectivity index (χ3v) is 10.8. The molecule has 2 atom stereocenters. The van der Waals surface area contributed by atoms with Gasteiger partial charge < -0.3 is 36.3 Å². The van der Waals surface area contributed by atoms with Crippen LogP contribution in [-0.4, -0.2) is 114 Å². The lowest BCUT2D eigenvalue weighted by molar-refractivity contribution is -0.150. The molecule has 0 bridgehead atoms. The van der Waals surface area contributed by atoms with Crippen LogP contribution in [0.4, 0.5) is 5.13 Å². The molecule has 0 saturated carbocycles. The van der Waals surface area contributed by atoms with Crippen LogP contribution in [0.3, 0.4) is 0 Å². The number of anilines is 1. The van der Waals surface area contributed by atoms with E-state index in [1.54, 1.807) is 13.0 Å². The number of phenolic OH excluding ortho intramolecular Hbond substituents is 2. The predicted octanol–water partition coefficient (Wildman–Crippen LogP) is 1.49. The lowest BCUT2D eigenvalue weighted by atomic mass is 9.96. The molecule has 19 nitrogen and oxygen atoms in total. The Bertz CT molecular complexity index is 2250. The van der Waals surface area contributed by atoms with Crippen LogP contribution in [0, 0.1) is 6.92 Å². The van der Waals surface area contributed by atoms with Crippen LogP contribution in [0.15, 0.2) is 51.1 Å². The molecule has 1 aromatic carbocycles. The number of carbonyl (C=O) groups excluding carboxylic acids is 3. The van der Waals surface area contributed by atoms with Crippen LogP contribution in [0.2, 0.25) is 0 Å². The number of ketones is 1. The van der Waals surface area contributed by atoms with E-state index in [1.807, 2.05) is 0 Å². The van der Waals surface area contributed by atoms with Crippen LogP contribution in [0.25, 0.3) is 5.78 Å². The normalized spacial score (nSPS) is 17.5. The van der Waals surface area contributed by atoms with Crippen LogP contribution in [0.1, 0.15) is 46.2 Å².